The summed E-state index contributed by atoms with van der Waals surface area (Å²) in [6.07, 6.45) is 1.25. The normalized spacial score (nSPS) is 10.8. The van der Waals surface area contributed by atoms with Gasteiger partial charge in [-0.15, -0.1) is 11.3 Å². The van der Waals surface area contributed by atoms with Gasteiger partial charge < -0.3 is 5.32 Å². The minimum atomic E-state index is -0.904. The summed E-state index contributed by atoms with van der Waals surface area (Å²) in [5, 5.41) is 4.91. The Kier molecular flexibility index (Phi) is 5.79. The van der Waals surface area contributed by atoms with Crippen molar-refractivity contribution in [3.05, 3.63) is 82.1 Å². The fraction of sp³-hybridized carbons (Fsp3) is 0.0476. The van der Waals surface area contributed by atoms with Gasteiger partial charge in [-0.3, -0.25) is 19.5 Å². The van der Waals surface area contributed by atoms with Gasteiger partial charge in [0.1, 0.15) is 17.1 Å². The molecule has 7 nitrogen and oxygen atoms in total. The summed E-state index contributed by atoms with van der Waals surface area (Å²) in [7, 11) is 0. The first-order valence-corrected chi connectivity index (χ1v) is 10.2. The average Bonchev–Trinajstić information content (AvgIpc) is 3.17. The van der Waals surface area contributed by atoms with E-state index in [0.29, 0.717) is 15.2 Å². The lowest BCUT2D eigenvalue weighted by Crippen LogP contribution is -2.38. The number of halogens is 2. The van der Waals surface area contributed by atoms with Crippen molar-refractivity contribution in [2.24, 2.45) is 0 Å². The van der Waals surface area contributed by atoms with Crippen molar-refractivity contribution in [3.63, 3.8) is 0 Å². The molecule has 4 rings (SSSR count). The molecule has 0 aliphatic rings. The van der Waals surface area contributed by atoms with Crippen molar-refractivity contribution >= 4 is 50.8 Å². The maximum atomic E-state index is 13.6. The molecule has 0 fully saturated rings. The SMILES string of the molecule is O=C(Cn1cnc2cc(-c3ccc(Cl)cc3)sc2c1=O)NC(=O)Nc1ccccc1F. The van der Waals surface area contributed by atoms with E-state index in [9.17, 15) is 18.8 Å². The van der Waals surface area contributed by atoms with Crippen LogP contribution in [0.1, 0.15) is 0 Å². The van der Waals surface area contributed by atoms with Crippen LogP contribution in [-0.4, -0.2) is 21.5 Å². The Balaban J connectivity index is 1.49. The van der Waals surface area contributed by atoms with Gasteiger partial charge in [0.15, 0.2) is 0 Å². The molecular formula is C21H14ClFN4O3S. The van der Waals surface area contributed by atoms with Crippen LogP contribution in [0.2, 0.25) is 5.02 Å². The second-order valence-corrected chi connectivity index (χ2v) is 7.98. The van der Waals surface area contributed by atoms with Crippen molar-refractivity contribution in [1.82, 2.24) is 14.9 Å². The minimum absolute atomic E-state index is 0.0682. The molecule has 0 aliphatic carbocycles. The molecule has 0 bridgehead atoms. The maximum absolute atomic E-state index is 13.6. The molecule has 0 spiro atoms. The van der Waals surface area contributed by atoms with E-state index in [0.717, 1.165) is 15.0 Å². The van der Waals surface area contributed by atoms with Crippen LogP contribution in [0, 0.1) is 5.82 Å². The van der Waals surface area contributed by atoms with Crippen LogP contribution in [0.4, 0.5) is 14.9 Å². The van der Waals surface area contributed by atoms with E-state index in [2.05, 4.69) is 15.6 Å². The highest BCUT2D eigenvalue weighted by molar-refractivity contribution is 7.22. The molecule has 0 aliphatic heterocycles. The number of carbonyl (C=O) groups is 2. The monoisotopic (exact) mass is 456 g/mol. The number of amides is 3. The highest BCUT2D eigenvalue weighted by Crippen LogP contribution is 2.31. The third-order valence-electron chi connectivity index (χ3n) is 4.32. The number of nitrogens with one attached hydrogen (secondary N) is 2. The van der Waals surface area contributed by atoms with Crippen LogP contribution in [0.15, 0.2) is 65.7 Å². The lowest BCUT2D eigenvalue weighted by atomic mass is 10.2. The van der Waals surface area contributed by atoms with E-state index in [1.54, 1.807) is 24.3 Å². The number of carbonyl (C=O) groups excluding carboxylic acids is 2. The first-order chi connectivity index (χ1) is 14.9. The van der Waals surface area contributed by atoms with Gasteiger partial charge in [0.2, 0.25) is 5.91 Å². The molecule has 0 radical (unpaired) electrons. The molecule has 2 N–H and O–H groups in total. The number of hydrogen-bond acceptors (Lipinski definition) is 5. The van der Waals surface area contributed by atoms with Crippen LogP contribution in [0.25, 0.3) is 20.7 Å². The van der Waals surface area contributed by atoms with Crippen molar-refractivity contribution in [2.75, 3.05) is 5.32 Å². The Bertz CT molecular complexity index is 1350. The van der Waals surface area contributed by atoms with E-state index in [-0.39, 0.29) is 5.69 Å². The Morgan fingerprint density at radius 2 is 1.87 bits per heavy atom. The summed E-state index contributed by atoms with van der Waals surface area (Å²) in [5.74, 6) is -1.38. The highest BCUT2D eigenvalue weighted by Gasteiger charge is 2.14. The van der Waals surface area contributed by atoms with Crippen LogP contribution < -0.4 is 16.2 Å². The highest BCUT2D eigenvalue weighted by atomic mass is 35.5. The molecule has 0 saturated carbocycles. The fourth-order valence-electron chi connectivity index (χ4n) is 2.85. The molecule has 4 aromatic rings. The molecule has 0 atom stereocenters. The molecule has 2 heterocycles. The van der Waals surface area contributed by atoms with Crippen molar-refractivity contribution in [3.8, 4) is 10.4 Å². The summed E-state index contributed by atoms with van der Waals surface area (Å²) < 4.78 is 15.1. The number of para-hydroxylation sites is 1. The van der Waals surface area contributed by atoms with Crippen LogP contribution >= 0.6 is 22.9 Å². The number of urea groups is 1. The summed E-state index contributed by atoms with van der Waals surface area (Å²) >= 11 is 7.16. The number of aromatic nitrogens is 2. The summed E-state index contributed by atoms with van der Waals surface area (Å²) in [6, 6.07) is 13.6. The zero-order valence-electron chi connectivity index (χ0n) is 15.8. The zero-order valence-corrected chi connectivity index (χ0v) is 17.3. The van der Waals surface area contributed by atoms with Crippen LogP contribution in [-0.2, 0) is 11.3 Å². The van der Waals surface area contributed by atoms with Gasteiger partial charge in [-0.2, -0.15) is 0 Å². The number of thiophene rings is 1. The Hall–Kier alpha value is -3.56. The smallest absolute Gasteiger partial charge is 0.305 e. The molecule has 0 saturated heterocycles. The third-order valence-corrected chi connectivity index (χ3v) is 5.73. The number of imide groups is 1. The van der Waals surface area contributed by atoms with E-state index in [4.69, 9.17) is 11.6 Å². The number of rotatable bonds is 4. The van der Waals surface area contributed by atoms with Crippen LogP contribution in [0.5, 0.6) is 0 Å². The third kappa shape index (κ3) is 4.62. The molecule has 0 unspecified atom stereocenters. The number of nitrogens with zero attached hydrogens (tertiary/aromatic N) is 2. The lowest BCUT2D eigenvalue weighted by Gasteiger charge is -2.08. The molecule has 31 heavy (non-hydrogen) atoms. The zero-order chi connectivity index (χ0) is 22.0. The molecule has 156 valence electrons. The van der Waals surface area contributed by atoms with Gasteiger partial charge in [-0.05, 0) is 35.9 Å². The minimum Gasteiger partial charge on any atom is -0.305 e. The predicted molar refractivity (Wildman–Crippen MR) is 118 cm³/mol. The summed E-state index contributed by atoms with van der Waals surface area (Å²) in [5.41, 5.74) is 0.927. The number of anilines is 1. The quantitative estimate of drug-likeness (QED) is 0.479. The first kappa shape index (κ1) is 20.7. The van der Waals surface area contributed by atoms with Gasteiger partial charge in [0.25, 0.3) is 5.56 Å². The van der Waals surface area contributed by atoms with Gasteiger partial charge >= 0.3 is 6.03 Å². The summed E-state index contributed by atoms with van der Waals surface area (Å²) in [4.78, 5) is 41.9. The lowest BCUT2D eigenvalue weighted by molar-refractivity contribution is -0.120. The van der Waals surface area contributed by atoms with E-state index < -0.39 is 29.9 Å². The number of benzene rings is 2. The maximum Gasteiger partial charge on any atom is 0.326 e. The second kappa shape index (κ2) is 8.66. The molecule has 2 aromatic carbocycles. The topological polar surface area (TPSA) is 93.1 Å². The van der Waals surface area contributed by atoms with Gasteiger partial charge in [0.05, 0.1) is 17.5 Å². The second-order valence-electron chi connectivity index (χ2n) is 6.49. The number of hydrogen-bond donors (Lipinski definition) is 2. The van der Waals surface area contributed by atoms with Gasteiger partial charge in [-0.1, -0.05) is 35.9 Å². The van der Waals surface area contributed by atoms with Crippen molar-refractivity contribution < 1.29 is 14.0 Å². The van der Waals surface area contributed by atoms with Crippen LogP contribution in [0.3, 0.4) is 0 Å². The molecule has 10 heteroatoms. The van der Waals surface area contributed by atoms with E-state index >= 15 is 0 Å². The fourth-order valence-corrected chi connectivity index (χ4v) is 4.04. The largest absolute Gasteiger partial charge is 0.326 e. The Morgan fingerprint density at radius 3 is 2.61 bits per heavy atom. The Labute approximate surface area is 184 Å². The summed E-state index contributed by atoms with van der Waals surface area (Å²) in [6.45, 7) is -0.416. The first-order valence-electron chi connectivity index (χ1n) is 9.01. The molecular weight excluding hydrogens is 443 g/mol. The Morgan fingerprint density at radius 1 is 1.13 bits per heavy atom. The predicted octanol–water partition coefficient (Wildman–Crippen LogP) is 4.27. The molecule has 3 amide bonds. The van der Waals surface area contributed by atoms with Gasteiger partial charge in [-0.25, -0.2) is 14.2 Å². The number of fused-ring (bicyclic) bond motifs is 1. The molecule has 2 aromatic heterocycles. The van der Waals surface area contributed by atoms with Crippen molar-refractivity contribution in [2.45, 2.75) is 6.54 Å². The standard InChI is InChI=1S/C21H14ClFN4O3S/c22-13-7-5-12(6-8-13)17-9-16-19(31-17)20(29)27(11-24-16)10-18(28)26-21(30)25-15-4-2-1-3-14(15)23/h1-9,11H,10H2,(H2,25,26,28,30). The van der Waals surface area contributed by atoms with E-state index in [1.165, 1.54) is 35.9 Å². The van der Waals surface area contributed by atoms with Crippen molar-refractivity contribution in [1.29, 1.82) is 0 Å². The van der Waals surface area contributed by atoms with E-state index in [1.807, 2.05) is 12.1 Å². The average molecular weight is 457 g/mol. The van der Waals surface area contributed by atoms with Gasteiger partial charge in [0, 0.05) is 9.90 Å².